The first-order valence-electron chi connectivity index (χ1n) is 8.54. The van der Waals surface area contributed by atoms with Crippen molar-refractivity contribution < 1.29 is 9.18 Å². The molecule has 8 nitrogen and oxygen atoms in total. The van der Waals surface area contributed by atoms with Crippen LogP contribution in [0.4, 0.5) is 21.8 Å². The number of benzene rings is 1. The van der Waals surface area contributed by atoms with E-state index >= 15 is 0 Å². The molecule has 138 valence electrons. The molecule has 0 saturated heterocycles. The lowest BCUT2D eigenvalue weighted by Crippen LogP contribution is -2.43. The first-order valence-corrected chi connectivity index (χ1v) is 8.54. The zero-order chi connectivity index (χ0) is 18.7. The van der Waals surface area contributed by atoms with E-state index in [1.807, 2.05) is 0 Å². The van der Waals surface area contributed by atoms with Crippen LogP contribution in [-0.4, -0.2) is 33.2 Å². The Hall–Kier alpha value is -2.81. The largest absolute Gasteiger partial charge is 0.364 e. The number of halogens is 1. The number of carbonyl (C=O) groups excluding carboxylic acids is 1. The van der Waals surface area contributed by atoms with Crippen LogP contribution in [0.5, 0.6) is 0 Å². The van der Waals surface area contributed by atoms with Gasteiger partial charge in [-0.1, -0.05) is 12.8 Å². The number of rotatable bonds is 5. The number of nitrogens with zero attached hydrogens (tertiary/aromatic N) is 3. The standard InChI is InChI=1S/C17H22FN7O/c1-9-8-10(6-7-11(9)18)21-16-14(15(20)26)24-25-17(23-16)22-13-5-3-2-4-12(13)19/h6-8,12-13H,2-5,19H2,1H3,(H2,20,26)(H2,21,22,23,25)/t12-,13+/m0/s1. The molecule has 0 bridgehead atoms. The Labute approximate surface area is 150 Å². The van der Waals surface area contributed by atoms with E-state index < -0.39 is 5.91 Å². The number of nitrogens with two attached hydrogens (primary N) is 2. The maximum Gasteiger partial charge on any atom is 0.273 e. The highest BCUT2D eigenvalue weighted by Gasteiger charge is 2.23. The number of amides is 1. The average Bonchev–Trinajstić information content (AvgIpc) is 2.60. The Morgan fingerprint density at radius 1 is 1.27 bits per heavy atom. The molecule has 9 heteroatoms. The van der Waals surface area contributed by atoms with Crippen LogP contribution in [-0.2, 0) is 0 Å². The van der Waals surface area contributed by atoms with Crippen LogP contribution in [0.15, 0.2) is 18.2 Å². The zero-order valence-electron chi connectivity index (χ0n) is 14.5. The lowest BCUT2D eigenvalue weighted by molar-refractivity contribution is 0.0995. The summed E-state index contributed by atoms with van der Waals surface area (Å²) in [5.74, 6) is -0.656. The molecule has 2 aromatic rings. The van der Waals surface area contributed by atoms with Gasteiger partial charge in [0.15, 0.2) is 11.5 Å². The molecule has 0 unspecified atom stereocenters. The number of hydrogen-bond acceptors (Lipinski definition) is 7. The molecule has 0 radical (unpaired) electrons. The van der Waals surface area contributed by atoms with Crippen LogP contribution < -0.4 is 22.1 Å². The molecule has 1 amide bonds. The van der Waals surface area contributed by atoms with Crippen molar-refractivity contribution >= 4 is 23.4 Å². The summed E-state index contributed by atoms with van der Waals surface area (Å²) in [5.41, 5.74) is 12.4. The summed E-state index contributed by atoms with van der Waals surface area (Å²) < 4.78 is 13.4. The number of hydrogen-bond donors (Lipinski definition) is 4. The molecule has 0 spiro atoms. The van der Waals surface area contributed by atoms with Gasteiger partial charge in [-0.15, -0.1) is 10.2 Å². The van der Waals surface area contributed by atoms with Crippen molar-refractivity contribution in [3.8, 4) is 0 Å². The SMILES string of the molecule is Cc1cc(Nc2nc(N[C@@H]3CCCC[C@@H]3N)nnc2C(N)=O)ccc1F. The van der Waals surface area contributed by atoms with Crippen molar-refractivity contribution in [3.63, 3.8) is 0 Å². The number of aryl methyl sites for hydroxylation is 1. The Morgan fingerprint density at radius 2 is 2.04 bits per heavy atom. The molecule has 1 fully saturated rings. The monoisotopic (exact) mass is 359 g/mol. The molecule has 6 N–H and O–H groups in total. The quantitative estimate of drug-likeness (QED) is 0.640. The van der Waals surface area contributed by atoms with E-state index in [4.69, 9.17) is 11.5 Å². The Morgan fingerprint density at radius 3 is 2.73 bits per heavy atom. The first-order chi connectivity index (χ1) is 12.4. The molecular weight excluding hydrogens is 337 g/mol. The van der Waals surface area contributed by atoms with Gasteiger partial charge in [0.25, 0.3) is 5.91 Å². The number of nitrogens with one attached hydrogen (secondary N) is 2. The molecule has 2 atom stereocenters. The fraction of sp³-hybridized carbons (Fsp3) is 0.412. The molecule has 1 aromatic carbocycles. The van der Waals surface area contributed by atoms with Gasteiger partial charge in [-0.05, 0) is 43.5 Å². The minimum absolute atomic E-state index is 0.0133. The van der Waals surface area contributed by atoms with Crippen molar-refractivity contribution in [2.75, 3.05) is 10.6 Å². The van der Waals surface area contributed by atoms with Crippen molar-refractivity contribution in [1.82, 2.24) is 15.2 Å². The van der Waals surface area contributed by atoms with Gasteiger partial charge in [-0.25, -0.2) is 4.39 Å². The highest BCUT2D eigenvalue weighted by molar-refractivity contribution is 5.96. The lowest BCUT2D eigenvalue weighted by Gasteiger charge is -2.29. The number of aromatic nitrogens is 3. The lowest BCUT2D eigenvalue weighted by atomic mass is 9.91. The zero-order valence-corrected chi connectivity index (χ0v) is 14.5. The maximum absolute atomic E-state index is 13.4. The van der Waals surface area contributed by atoms with Crippen molar-refractivity contribution in [3.05, 3.63) is 35.3 Å². The molecule has 1 aromatic heterocycles. The fourth-order valence-corrected chi connectivity index (χ4v) is 3.00. The summed E-state index contributed by atoms with van der Waals surface area (Å²) >= 11 is 0. The molecule has 26 heavy (non-hydrogen) atoms. The highest BCUT2D eigenvalue weighted by atomic mass is 19.1. The average molecular weight is 359 g/mol. The smallest absolute Gasteiger partial charge is 0.273 e. The van der Waals surface area contributed by atoms with Gasteiger partial charge in [0, 0.05) is 17.8 Å². The van der Waals surface area contributed by atoms with E-state index in [0.29, 0.717) is 11.3 Å². The topological polar surface area (TPSA) is 132 Å². The predicted molar refractivity (Wildman–Crippen MR) is 96.6 cm³/mol. The summed E-state index contributed by atoms with van der Waals surface area (Å²) in [6.45, 7) is 1.64. The second-order valence-electron chi connectivity index (χ2n) is 6.48. The molecule has 1 heterocycles. The molecule has 3 rings (SSSR count). The summed E-state index contributed by atoms with van der Waals surface area (Å²) in [7, 11) is 0. The van der Waals surface area contributed by atoms with Crippen LogP contribution >= 0.6 is 0 Å². The third-order valence-corrected chi connectivity index (χ3v) is 4.47. The second-order valence-corrected chi connectivity index (χ2v) is 6.48. The summed E-state index contributed by atoms with van der Waals surface area (Å²) in [6.07, 6.45) is 4.04. The van der Waals surface area contributed by atoms with Gasteiger partial charge < -0.3 is 22.1 Å². The third-order valence-electron chi connectivity index (χ3n) is 4.47. The van der Waals surface area contributed by atoms with Gasteiger partial charge in [0.05, 0.1) is 0 Å². The molecule has 1 saturated carbocycles. The van der Waals surface area contributed by atoms with Crippen molar-refractivity contribution in [2.24, 2.45) is 11.5 Å². The minimum Gasteiger partial charge on any atom is -0.364 e. The third kappa shape index (κ3) is 4.05. The molecule has 1 aliphatic carbocycles. The molecular formula is C17H22FN7O. The Balaban J connectivity index is 1.86. The second kappa shape index (κ2) is 7.61. The van der Waals surface area contributed by atoms with Crippen molar-refractivity contribution in [2.45, 2.75) is 44.7 Å². The van der Waals surface area contributed by atoms with Crippen LogP contribution in [0.25, 0.3) is 0 Å². The predicted octanol–water partition coefficient (Wildman–Crippen LogP) is 1.84. The first kappa shape index (κ1) is 18.0. The van der Waals surface area contributed by atoms with E-state index in [9.17, 15) is 9.18 Å². The fourth-order valence-electron chi connectivity index (χ4n) is 3.00. The van der Waals surface area contributed by atoms with Gasteiger partial charge in [0.2, 0.25) is 5.95 Å². The van der Waals surface area contributed by atoms with Crippen molar-refractivity contribution in [1.29, 1.82) is 0 Å². The summed E-state index contributed by atoms with van der Waals surface area (Å²) in [6, 6.07) is 4.53. The number of carbonyl (C=O) groups is 1. The normalized spacial score (nSPS) is 19.8. The highest BCUT2D eigenvalue weighted by Crippen LogP contribution is 2.23. The van der Waals surface area contributed by atoms with Crippen LogP contribution in [0, 0.1) is 12.7 Å². The van der Waals surface area contributed by atoms with Gasteiger partial charge in [-0.3, -0.25) is 4.79 Å². The molecule has 1 aliphatic rings. The Kier molecular flexibility index (Phi) is 5.27. The van der Waals surface area contributed by atoms with Gasteiger partial charge in [-0.2, -0.15) is 4.98 Å². The minimum atomic E-state index is -0.757. The van der Waals surface area contributed by atoms with E-state index in [-0.39, 0.29) is 35.4 Å². The summed E-state index contributed by atoms with van der Waals surface area (Å²) in [5, 5.41) is 14.0. The van der Waals surface area contributed by atoms with Crippen LogP contribution in [0.1, 0.15) is 41.7 Å². The van der Waals surface area contributed by atoms with E-state index in [0.717, 1.165) is 25.7 Å². The number of primary amides is 1. The number of anilines is 3. The van der Waals surface area contributed by atoms with Crippen LogP contribution in [0.2, 0.25) is 0 Å². The molecule has 0 aliphatic heterocycles. The summed E-state index contributed by atoms with van der Waals surface area (Å²) in [4.78, 5) is 15.9. The maximum atomic E-state index is 13.4. The van der Waals surface area contributed by atoms with E-state index in [2.05, 4.69) is 25.8 Å². The van der Waals surface area contributed by atoms with Gasteiger partial charge in [0.1, 0.15) is 5.82 Å². The Bertz CT molecular complexity index is 814. The van der Waals surface area contributed by atoms with E-state index in [1.54, 1.807) is 19.1 Å². The van der Waals surface area contributed by atoms with Gasteiger partial charge >= 0.3 is 0 Å². The van der Waals surface area contributed by atoms with E-state index in [1.165, 1.54) is 6.07 Å². The van der Waals surface area contributed by atoms with Crippen LogP contribution in [0.3, 0.4) is 0 Å².